The summed E-state index contributed by atoms with van der Waals surface area (Å²) in [5.41, 5.74) is 3.83. The number of nitrogens with zero attached hydrogens (tertiary/aromatic N) is 7. The van der Waals surface area contributed by atoms with E-state index in [1.54, 1.807) is 4.40 Å². The first-order chi connectivity index (χ1) is 12.7. The standard InChI is InChI=1S/C15H11ClN8OS/c16-13-11(23-6-7-26-15(23)18-13)8-17-19-12(25)9-24-21-14(20-22-24)10-4-2-1-3-5-10/h1-8H,9H2,(H,19,25)/b17-8-. The Kier molecular flexibility index (Phi) is 4.42. The molecule has 0 spiro atoms. The molecule has 0 saturated carbocycles. The van der Waals surface area contributed by atoms with Gasteiger partial charge in [-0.15, -0.1) is 21.5 Å². The van der Waals surface area contributed by atoms with E-state index in [1.807, 2.05) is 41.9 Å². The normalized spacial score (nSPS) is 11.4. The van der Waals surface area contributed by atoms with E-state index < -0.39 is 0 Å². The van der Waals surface area contributed by atoms with Gasteiger partial charge in [-0.05, 0) is 5.21 Å². The number of tetrazole rings is 1. The molecule has 0 unspecified atom stereocenters. The molecule has 0 bridgehead atoms. The lowest BCUT2D eigenvalue weighted by molar-refractivity contribution is -0.122. The lowest BCUT2D eigenvalue weighted by Crippen LogP contribution is -2.24. The molecular formula is C15H11ClN8OS. The van der Waals surface area contributed by atoms with E-state index in [4.69, 9.17) is 11.6 Å². The first-order valence-electron chi connectivity index (χ1n) is 7.47. The van der Waals surface area contributed by atoms with Crippen molar-refractivity contribution < 1.29 is 4.79 Å². The summed E-state index contributed by atoms with van der Waals surface area (Å²) in [6.45, 7) is -0.106. The van der Waals surface area contributed by atoms with E-state index in [0.29, 0.717) is 16.7 Å². The topological polar surface area (TPSA) is 102 Å². The molecule has 3 heterocycles. The molecule has 11 heteroatoms. The van der Waals surface area contributed by atoms with Crippen molar-refractivity contribution in [3.05, 3.63) is 52.8 Å². The number of halogens is 1. The fraction of sp³-hybridized carbons (Fsp3) is 0.0667. The largest absolute Gasteiger partial charge is 0.288 e. The Hall–Kier alpha value is -3.11. The lowest BCUT2D eigenvalue weighted by atomic mass is 10.2. The van der Waals surface area contributed by atoms with Gasteiger partial charge < -0.3 is 0 Å². The van der Waals surface area contributed by atoms with Crippen LogP contribution in [0, 0.1) is 0 Å². The molecule has 4 rings (SSSR count). The van der Waals surface area contributed by atoms with E-state index in [-0.39, 0.29) is 12.5 Å². The van der Waals surface area contributed by atoms with Gasteiger partial charge in [0.05, 0.1) is 6.21 Å². The van der Waals surface area contributed by atoms with Gasteiger partial charge in [0.15, 0.2) is 10.1 Å². The molecule has 1 aromatic carbocycles. The second kappa shape index (κ2) is 7.02. The van der Waals surface area contributed by atoms with Crippen molar-refractivity contribution in [1.29, 1.82) is 0 Å². The second-order valence-electron chi connectivity index (χ2n) is 5.15. The Bertz CT molecular complexity index is 1080. The molecule has 130 valence electrons. The third-order valence-electron chi connectivity index (χ3n) is 3.40. The molecular weight excluding hydrogens is 376 g/mol. The molecule has 4 aromatic rings. The maximum atomic E-state index is 12.0. The van der Waals surface area contributed by atoms with E-state index >= 15 is 0 Å². The maximum Gasteiger partial charge on any atom is 0.263 e. The predicted octanol–water partition coefficient (Wildman–Crippen LogP) is 1.85. The van der Waals surface area contributed by atoms with Gasteiger partial charge >= 0.3 is 0 Å². The molecule has 26 heavy (non-hydrogen) atoms. The van der Waals surface area contributed by atoms with E-state index in [0.717, 1.165) is 10.5 Å². The van der Waals surface area contributed by atoms with Crippen molar-refractivity contribution in [2.24, 2.45) is 5.10 Å². The highest BCUT2D eigenvalue weighted by Gasteiger charge is 2.10. The summed E-state index contributed by atoms with van der Waals surface area (Å²) in [5, 5.41) is 18.1. The van der Waals surface area contributed by atoms with Crippen LogP contribution in [-0.2, 0) is 11.3 Å². The Morgan fingerprint density at radius 3 is 3.04 bits per heavy atom. The number of amides is 1. The zero-order valence-corrected chi connectivity index (χ0v) is 14.7. The zero-order chi connectivity index (χ0) is 17.9. The van der Waals surface area contributed by atoms with Gasteiger partial charge in [-0.1, -0.05) is 41.9 Å². The number of hydrogen-bond donors (Lipinski definition) is 1. The maximum absolute atomic E-state index is 12.0. The van der Waals surface area contributed by atoms with Crippen LogP contribution in [0.2, 0.25) is 5.15 Å². The number of imidazole rings is 1. The van der Waals surface area contributed by atoms with Crippen molar-refractivity contribution in [3.63, 3.8) is 0 Å². The van der Waals surface area contributed by atoms with Gasteiger partial charge in [-0.25, -0.2) is 10.4 Å². The average Bonchev–Trinajstić information content (AvgIpc) is 3.34. The first kappa shape index (κ1) is 16.4. The number of carbonyl (C=O) groups is 1. The van der Waals surface area contributed by atoms with Crippen LogP contribution >= 0.6 is 22.9 Å². The van der Waals surface area contributed by atoms with Crippen molar-refractivity contribution >= 4 is 40.0 Å². The number of nitrogens with one attached hydrogen (secondary N) is 1. The quantitative estimate of drug-likeness (QED) is 0.416. The summed E-state index contributed by atoms with van der Waals surface area (Å²) in [4.78, 5) is 18.1. The molecule has 3 aromatic heterocycles. The monoisotopic (exact) mass is 386 g/mol. The molecule has 0 aliphatic rings. The molecule has 0 aliphatic heterocycles. The van der Waals surface area contributed by atoms with Crippen LogP contribution in [0.3, 0.4) is 0 Å². The van der Waals surface area contributed by atoms with Crippen molar-refractivity contribution in [2.45, 2.75) is 6.54 Å². The summed E-state index contributed by atoms with van der Waals surface area (Å²) in [6, 6.07) is 9.39. The minimum absolute atomic E-state index is 0.106. The van der Waals surface area contributed by atoms with Crippen LogP contribution in [0.25, 0.3) is 16.3 Å². The van der Waals surface area contributed by atoms with Crippen LogP contribution in [-0.4, -0.2) is 41.7 Å². The third-order valence-corrected chi connectivity index (χ3v) is 4.43. The summed E-state index contributed by atoms with van der Waals surface area (Å²) in [5.74, 6) is 0.0632. The molecule has 0 saturated heterocycles. The molecule has 9 nitrogen and oxygen atoms in total. The van der Waals surface area contributed by atoms with Gasteiger partial charge in [-0.2, -0.15) is 9.90 Å². The summed E-state index contributed by atoms with van der Waals surface area (Å²) in [6.07, 6.45) is 3.27. The van der Waals surface area contributed by atoms with E-state index in [1.165, 1.54) is 22.3 Å². The number of thiazole rings is 1. The minimum atomic E-state index is -0.388. The SMILES string of the molecule is O=C(Cn1nnc(-c2ccccc2)n1)N/N=C\c1c(Cl)nc2sccn12. The number of hydrazone groups is 1. The van der Waals surface area contributed by atoms with Gasteiger partial charge in [0.1, 0.15) is 12.2 Å². The summed E-state index contributed by atoms with van der Waals surface area (Å²) < 4.78 is 1.79. The number of hydrogen-bond acceptors (Lipinski definition) is 7. The van der Waals surface area contributed by atoms with Crippen molar-refractivity contribution in [1.82, 2.24) is 35.0 Å². The molecule has 0 fully saturated rings. The van der Waals surface area contributed by atoms with Gasteiger partial charge in [0.2, 0.25) is 5.82 Å². The second-order valence-corrected chi connectivity index (χ2v) is 6.38. The Morgan fingerprint density at radius 1 is 1.35 bits per heavy atom. The minimum Gasteiger partial charge on any atom is -0.288 e. The summed E-state index contributed by atoms with van der Waals surface area (Å²) in [7, 11) is 0. The third kappa shape index (κ3) is 3.32. The van der Waals surface area contributed by atoms with Gasteiger partial charge in [-0.3, -0.25) is 9.20 Å². The van der Waals surface area contributed by atoms with Crippen LogP contribution in [0.15, 0.2) is 47.0 Å². The first-order valence-corrected chi connectivity index (χ1v) is 8.72. The lowest BCUT2D eigenvalue weighted by Gasteiger charge is -1.98. The van der Waals surface area contributed by atoms with E-state index in [9.17, 15) is 4.79 Å². The number of fused-ring (bicyclic) bond motifs is 1. The van der Waals surface area contributed by atoms with Crippen molar-refractivity contribution in [3.8, 4) is 11.4 Å². The number of rotatable bonds is 5. The highest BCUT2D eigenvalue weighted by molar-refractivity contribution is 7.15. The Morgan fingerprint density at radius 2 is 2.19 bits per heavy atom. The number of aromatic nitrogens is 6. The van der Waals surface area contributed by atoms with Crippen LogP contribution < -0.4 is 5.43 Å². The highest BCUT2D eigenvalue weighted by Crippen LogP contribution is 2.19. The smallest absolute Gasteiger partial charge is 0.263 e. The zero-order valence-electron chi connectivity index (χ0n) is 13.2. The fourth-order valence-corrected chi connectivity index (χ4v) is 3.23. The van der Waals surface area contributed by atoms with Crippen LogP contribution in [0.4, 0.5) is 0 Å². The van der Waals surface area contributed by atoms with Crippen LogP contribution in [0.1, 0.15) is 5.69 Å². The van der Waals surface area contributed by atoms with Gasteiger partial charge in [0, 0.05) is 17.1 Å². The molecule has 0 aliphatic carbocycles. The molecule has 1 amide bonds. The Labute approximate surface area is 155 Å². The molecule has 0 radical (unpaired) electrons. The predicted molar refractivity (Wildman–Crippen MR) is 97.1 cm³/mol. The van der Waals surface area contributed by atoms with Crippen LogP contribution in [0.5, 0.6) is 0 Å². The number of benzene rings is 1. The highest BCUT2D eigenvalue weighted by atomic mass is 35.5. The molecule has 1 N–H and O–H groups in total. The average molecular weight is 387 g/mol. The fourth-order valence-electron chi connectivity index (χ4n) is 2.23. The van der Waals surface area contributed by atoms with Gasteiger partial charge in [0.25, 0.3) is 5.91 Å². The Balaban J connectivity index is 1.39. The van der Waals surface area contributed by atoms with Crippen molar-refractivity contribution in [2.75, 3.05) is 0 Å². The molecule has 0 atom stereocenters. The summed E-state index contributed by atoms with van der Waals surface area (Å²) >= 11 is 7.51. The number of carbonyl (C=O) groups excluding carboxylic acids is 1. The van der Waals surface area contributed by atoms with E-state index in [2.05, 4.69) is 30.9 Å².